The van der Waals surface area contributed by atoms with Gasteiger partial charge in [0.25, 0.3) is 0 Å². The molecule has 3 rings (SSSR count). The van der Waals surface area contributed by atoms with Crippen molar-refractivity contribution in [3.8, 4) is 11.3 Å². The van der Waals surface area contributed by atoms with Gasteiger partial charge in [0.15, 0.2) is 0 Å². The smallest absolute Gasteiger partial charge is 0.248 e. The normalized spacial score (nSPS) is 10.5. The molecule has 0 radical (unpaired) electrons. The minimum absolute atomic E-state index is 0.447. The van der Waals surface area contributed by atoms with Crippen LogP contribution in [0.3, 0.4) is 0 Å². The zero-order valence-corrected chi connectivity index (χ0v) is 14.8. The summed E-state index contributed by atoms with van der Waals surface area (Å²) in [6.45, 7) is 2.20. The second-order valence-electron chi connectivity index (χ2n) is 6.13. The summed E-state index contributed by atoms with van der Waals surface area (Å²) in [5.41, 5.74) is 9.77. The SMILES string of the molecule is CCCCc1ccc(-c2ccnc(Nc3ccc(C(N)=O)cc3)n2)cc1. The van der Waals surface area contributed by atoms with Crippen LogP contribution in [-0.2, 0) is 6.42 Å². The lowest BCUT2D eigenvalue weighted by atomic mass is 10.0. The first-order chi connectivity index (χ1) is 12.7. The average molecular weight is 346 g/mol. The van der Waals surface area contributed by atoms with Gasteiger partial charge in [0.2, 0.25) is 11.9 Å². The van der Waals surface area contributed by atoms with Crippen LogP contribution in [0.15, 0.2) is 60.8 Å². The van der Waals surface area contributed by atoms with Gasteiger partial charge in [-0.2, -0.15) is 0 Å². The van der Waals surface area contributed by atoms with Gasteiger partial charge in [-0.3, -0.25) is 4.79 Å². The highest BCUT2D eigenvalue weighted by Crippen LogP contribution is 2.21. The number of rotatable bonds is 7. The summed E-state index contributed by atoms with van der Waals surface area (Å²) in [6.07, 6.45) is 5.24. The number of hydrogen-bond acceptors (Lipinski definition) is 4. The van der Waals surface area contributed by atoms with Gasteiger partial charge in [-0.15, -0.1) is 0 Å². The Balaban J connectivity index is 1.74. The fraction of sp³-hybridized carbons (Fsp3) is 0.190. The number of nitrogens with two attached hydrogens (primary N) is 1. The number of unbranched alkanes of at least 4 members (excludes halogenated alkanes) is 1. The van der Waals surface area contributed by atoms with Crippen molar-refractivity contribution in [2.75, 3.05) is 5.32 Å². The van der Waals surface area contributed by atoms with E-state index in [9.17, 15) is 4.79 Å². The first-order valence-corrected chi connectivity index (χ1v) is 8.75. The van der Waals surface area contributed by atoms with Crippen molar-refractivity contribution in [3.63, 3.8) is 0 Å². The van der Waals surface area contributed by atoms with Crippen molar-refractivity contribution in [1.82, 2.24) is 9.97 Å². The molecule has 3 N–H and O–H groups in total. The Hall–Kier alpha value is -3.21. The Kier molecular flexibility index (Phi) is 5.59. The minimum atomic E-state index is -0.447. The van der Waals surface area contributed by atoms with Crippen molar-refractivity contribution in [2.45, 2.75) is 26.2 Å². The number of primary amides is 1. The summed E-state index contributed by atoms with van der Waals surface area (Å²) in [7, 11) is 0. The molecule has 0 saturated heterocycles. The number of carbonyl (C=O) groups is 1. The van der Waals surface area contributed by atoms with Gasteiger partial charge in [0, 0.05) is 23.0 Å². The van der Waals surface area contributed by atoms with E-state index in [0.717, 1.165) is 23.4 Å². The highest BCUT2D eigenvalue weighted by atomic mass is 16.1. The summed E-state index contributed by atoms with van der Waals surface area (Å²) < 4.78 is 0. The van der Waals surface area contributed by atoms with Crippen LogP contribution in [-0.4, -0.2) is 15.9 Å². The monoisotopic (exact) mass is 346 g/mol. The molecular weight excluding hydrogens is 324 g/mol. The summed E-state index contributed by atoms with van der Waals surface area (Å²) in [6, 6.07) is 17.3. The van der Waals surface area contributed by atoms with E-state index in [1.165, 1.54) is 18.4 Å². The molecule has 0 aliphatic heterocycles. The largest absolute Gasteiger partial charge is 0.366 e. The van der Waals surface area contributed by atoms with Crippen molar-refractivity contribution < 1.29 is 4.79 Å². The maximum Gasteiger partial charge on any atom is 0.248 e. The molecule has 1 amide bonds. The fourth-order valence-corrected chi connectivity index (χ4v) is 2.65. The van der Waals surface area contributed by atoms with Gasteiger partial charge in [-0.25, -0.2) is 9.97 Å². The van der Waals surface area contributed by atoms with Crippen LogP contribution in [0.1, 0.15) is 35.7 Å². The fourth-order valence-electron chi connectivity index (χ4n) is 2.65. The van der Waals surface area contributed by atoms with Crippen LogP contribution < -0.4 is 11.1 Å². The summed E-state index contributed by atoms with van der Waals surface area (Å²) in [4.78, 5) is 20.0. The number of benzene rings is 2. The maximum atomic E-state index is 11.1. The topological polar surface area (TPSA) is 80.9 Å². The molecule has 0 aliphatic carbocycles. The summed E-state index contributed by atoms with van der Waals surface area (Å²) in [5, 5.41) is 3.15. The molecule has 0 spiro atoms. The number of nitrogens with one attached hydrogen (secondary N) is 1. The Morgan fingerprint density at radius 3 is 2.42 bits per heavy atom. The van der Waals surface area contributed by atoms with Gasteiger partial charge >= 0.3 is 0 Å². The molecule has 0 fully saturated rings. The molecule has 0 bridgehead atoms. The third-order valence-electron chi connectivity index (χ3n) is 4.15. The van der Waals surface area contributed by atoms with Crippen LogP contribution in [0, 0.1) is 0 Å². The molecule has 1 aromatic heterocycles. The van der Waals surface area contributed by atoms with Gasteiger partial charge in [-0.05, 0) is 48.7 Å². The van der Waals surface area contributed by atoms with E-state index in [4.69, 9.17) is 5.73 Å². The Morgan fingerprint density at radius 2 is 1.77 bits per heavy atom. The molecule has 5 nitrogen and oxygen atoms in total. The molecule has 0 unspecified atom stereocenters. The van der Waals surface area contributed by atoms with Crippen LogP contribution in [0.4, 0.5) is 11.6 Å². The Labute approximate surface area is 153 Å². The van der Waals surface area contributed by atoms with Gasteiger partial charge in [0.1, 0.15) is 0 Å². The number of aromatic nitrogens is 2. The Bertz CT molecular complexity index is 873. The van der Waals surface area contributed by atoms with E-state index >= 15 is 0 Å². The first-order valence-electron chi connectivity index (χ1n) is 8.75. The third-order valence-corrected chi connectivity index (χ3v) is 4.15. The maximum absolute atomic E-state index is 11.1. The van der Waals surface area contributed by atoms with E-state index in [-0.39, 0.29) is 0 Å². The third kappa shape index (κ3) is 4.45. The van der Waals surface area contributed by atoms with Crippen molar-refractivity contribution in [3.05, 3.63) is 71.9 Å². The van der Waals surface area contributed by atoms with Gasteiger partial charge in [0.05, 0.1) is 5.69 Å². The molecule has 0 atom stereocenters. The van der Waals surface area contributed by atoms with Gasteiger partial charge < -0.3 is 11.1 Å². The number of aryl methyl sites for hydroxylation is 1. The summed E-state index contributed by atoms with van der Waals surface area (Å²) in [5.74, 6) is 0.0570. The van der Waals surface area contributed by atoms with Crippen LogP contribution in [0.5, 0.6) is 0 Å². The lowest BCUT2D eigenvalue weighted by Crippen LogP contribution is -2.10. The van der Waals surface area contributed by atoms with Crippen LogP contribution in [0.25, 0.3) is 11.3 Å². The summed E-state index contributed by atoms with van der Waals surface area (Å²) >= 11 is 0. The van der Waals surface area contributed by atoms with Crippen molar-refractivity contribution in [2.24, 2.45) is 5.73 Å². The number of amides is 1. The number of carbonyl (C=O) groups excluding carboxylic acids is 1. The molecule has 5 heteroatoms. The number of nitrogens with zero attached hydrogens (tertiary/aromatic N) is 2. The highest BCUT2D eigenvalue weighted by molar-refractivity contribution is 5.93. The molecule has 26 heavy (non-hydrogen) atoms. The zero-order chi connectivity index (χ0) is 18.4. The molecule has 132 valence electrons. The van der Waals surface area contributed by atoms with E-state index < -0.39 is 5.91 Å². The second kappa shape index (κ2) is 8.25. The van der Waals surface area contributed by atoms with E-state index in [0.29, 0.717) is 11.5 Å². The first kappa shape index (κ1) is 17.6. The lowest BCUT2D eigenvalue weighted by molar-refractivity contribution is 0.100. The van der Waals surface area contributed by atoms with E-state index in [2.05, 4.69) is 46.5 Å². The quantitative estimate of drug-likeness (QED) is 0.667. The van der Waals surface area contributed by atoms with E-state index in [1.807, 2.05) is 6.07 Å². The highest BCUT2D eigenvalue weighted by Gasteiger charge is 2.05. The average Bonchev–Trinajstić information content (AvgIpc) is 2.67. The molecule has 0 aliphatic rings. The standard InChI is InChI=1S/C21H22N4O/c1-2-3-4-15-5-7-16(8-6-15)19-13-14-23-21(25-19)24-18-11-9-17(10-12-18)20(22)26/h5-14H,2-4H2,1H3,(H2,22,26)(H,23,24,25). The lowest BCUT2D eigenvalue weighted by Gasteiger charge is -2.08. The molecule has 2 aromatic carbocycles. The predicted octanol–water partition coefficient (Wildman–Crippen LogP) is 4.33. The van der Waals surface area contributed by atoms with Crippen molar-refractivity contribution >= 4 is 17.5 Å². The minimum Gasteiger partial charge on any atom is -0.366 e. The molecule has 3 aromatic rings. The number of anilines is 2. The molecule has 1 heterocycles. The predicted molar refractivity (Wildman–Crippen MR) is 104 cm³/mol. The van der Waals surface area contributed by atoms with E-state index in [1.54, 1.807) is 30.5 Å². The van der Waals surface area contributed by atoms with Crippen molar-refractivity contribution in [1.29, 1.82) is 0 Å². The molecular formula is C21H22N4O. The number of hydrogen-bond donors (Lipinski definition) is 2. The molecule has 0 saturated carbocycles. The second-order valence-corrected chi connectivity index (χ2v) is 6.13. The van der Waals surface area contributed by atoms with Gasteiger partial charge in [-0.1, -0.05) is 37.6 Å². The van der Waals surface area contributed by atoms with Crippen LogP contribution >= 0.6 is 0 Å². The Morgan fingerprint density at radius 1 is 1.04 bits per heavy atom. The van der Waals surface area contributed by atoms with Crippen LogP contribution in [0.2, 0.25) is 0 Å². The zero-order valence-electron chi connectivity index (χ0n) is 14.8.